The summed E-state index contributed by atoms with van der Waals surface area (Å²) < 4.78 is 0. The van der Waals surface area contributed by atoms with Gasteiger partial charge in [-0.05, 0) is 49.9 Å². The molecule has 1 atom stereocenters. The number of aromatic nitrogens is 1. The van der Waals surface area contributed by atoms with Gasteiger partial charge < -0.3 is 10.2 Å². The molecule has 1 aromatic carbocycles. The van der Waals surface area contributed by atoms with Crippen molar-refractivity contribution in [3.8, 4) is 0 Å². The van der Waals surface area contributed by atoms with Crippen LogP contribution in [0.2, 0.25) is 0 Å². The number of anilines is 1. The van der Waals surface area contributed by atoms with Crippen LogP contribution in [0.3, 0.4) is 0 Å². The lowest BCUT2D eigenvalue weighted by molar-refractivity contribution is 0.422. The Labute approximate surface area is 120 Å². The summed E-state index contributed by atoms with van der Waals surface area (Å²) in [5.74, 6) is 1.24. The maximum atomic E-state index is 4.97. The van der Waals surface area contributed by atoms with Crippen molar-refractivity contribution in [1.29, 1.82) is 0 Å². The van der Waals surface area contributed by atoms with Crippen molar-refractivity contribution in [3.05, 3.63) is 35.9 Å². The maximum absolute atomic E-state index is 4.97. The summed E-state index contributed by atoms with van der Waals surface area (Å²) in [4.78, 5) is 7.52. The minimum atomic E-state index is 0.622. The first-order chi connectivity index (χ1) is 9.92. The second-order valence-electron chi connectivity index (χ2n) is 5.96. The van der Waals surface area contributed by atoms with Crippen molar-refractivity contribution in [1.82, 2.24) is 10.3 Å². The van der Waals surface area contributed by atoms with Gasteiger partial charge in [-0.15, -0.1) is 0 Å². The Kier molecular flexibility index (Phi) is 3.07. The first-order valence-corrected chi connectivity index (χ1v) is 7.78. The van der Waals surface area contributed by atoms with E-state index in [9.17, 15) is 0 Å². The van der Waals surface area contributed by atoms with E-state index in [1.807, 2.05) is 0 Å². The SMILES string of the molecule is c1ccc2nc3c(cc2c1)CCCN3C1CCCNC1. The fraction of sp³-hybridized carbons (Fsp3) is 0.471. The number of aryl methyl sites for hydroxylation is 1. The fourth-order valence-electron chi connectivity index (χ4n) is 3.58. The number of fused-ring (bicyclic) bond motifs is 2. The Morgan fingerprint density at radius 3 is 3.05 bits per heavy atom. The van der Waals surface area contributed by atoms with Crippen LogP contribution in [0, 0.1) is 0 Å². The zero-order chi connectivity index (χ0) is 13.4. The molecule has 1 saturated heterocycles. The molecule has 0 radical (unpaired) electrons. The van der Waals surface area contributed by atoms with E-state index in [1.165, 1.54) is 49.0 Å². The minimum absolute atomic E-state index is 0.622. The standard InChI is InChI=1S/C17H21N3/c1-2-8-16-13(5-1)11-14-6-4-10-20(17(14)19-16)15-7-3-9-18-12-15/h1-2,5,8,11,15,18H,3-4,6-7,9-10,12H2. The number of nitrogens with one attached hydrogen (secondary N) is 1. The van der Waals surface area contributed by atoms with Gasteiger partial charge in [0, 0.05) is 24.5 Å². The largest absolute Gasteiger partial charge is 0.352 e. The summed E-state index contributed by atoms with van der Waals surface area (Å²) >= 11 is 0. The number of para-hydroxylation sites is 1. The normalized spacial score (nSPS) is 22.8. The lowest BCUT2D eigenvalue weighted by atomic mass is 9.98. The molecule has 3 heterocycles. The summed E-state index contributed by atoms with van der Waals surface area (Å²) in [5.41, 5.74) is 2.56. The van der Waals surface area contributed by atoms with Crippen molar-refractivity contribution in [2.24, 2.45) is 0 Å². The third-order valence-corrected chi connectivity index (χ3v) is 4.61. The second-order valence-corrected chi connectivity index (χ2v) is 5.96. The van der Waals surface area contributed by atoms with E-state index < -0.39 is 0 Å². The van der Waals surface area contributed by atoms with Crippen molar-refractivity contribution >= 4 is 16.7 Å². The van der Waals surface area contributed by atoms with Gasteiger partial charge in [0.05, 0.1) is 5.52 Å². The van der Waals surface area contributed by atoms with Crippen molar-refractivity contribution in [2.75, 3.05) is 24.5 Å². The van der Waals surface area contributed by atoms with Crippen molar-refractivity contribution in [3.63, 3.8) is 0 Å². The Balaban J connectivity index is 1.77. The number of nitrogens with zero attached hydrogens (tertiary/aromatic N) is 2. The van der Waals surface area contributed by atoms with Gasteiger partial charge in [0.1, 0.15) is 5.82 Å². The molecule has 104 valence electrons. The van der Waals surface area contributed by atoms with E-state index in [2.05, 4.69) is 40.5 Å². The van der Waals surface area contributed by atoms with Crippen LogP contribution in [0.15, 0.2) is 30.3 Å². The van der Waals surface area contributed by atoms with Crippen LogP contribution in [0.1, 0.15) is 24.8 Å². The zero-order valence-corrected chi connectivity index (χ0v) is 11.8. The van der Waals surface area contributed by atoms with E-state index >= 15 is 0 Å². The number of rotatable bonds is 1. The molecule has 20 heavy (non-hydrogen) atoms. The summed E-state index contributed by atoms with van der Waals surface area (Å²) in [6.07, 6.45) is 5.00. The van der Waals surface area contributed by atoms with Gasteiger partial charge >= 0.3 is 0 Å². The van der Waals surface area contributed by atoms with Crippen LogP contribution in [-0.2, 0) is 6.42 Å². The fourth-order valence-corrected chi connectivity index (χ4v) is 3.58. The number of piperidine rings is 1. The highest BCUT2D eigenvalue weighted by Gasteiger charge is 2.26. The first kappa shape index (κ1) is 12.2. The van der Waals surface area contributed by atoms with Gasteiger partial charge in [-0.1, -0.05) is 18.2 Å². The van der Waals surface area contributed by atoms with Crippen LogP contribution in [0.5, 0.6) is 0 Å². The minimum Gasteiger partial charge on any atom is -0.352 e. The average Bonchev–Trinajstić information content (AvgIpc) is 2.53. The summed E-state index contributed by atoms with van der Waals surface area (Å²) in [7, 11) is 0. The number of hydrogen-bond donors (Lipinski definition) is 1. The third-order valence-electron chi connectivity index (χ3n) is 4.61. The number of benzene rings is 1. The predicted molar refractivity (Wildman–Crippen MR) is 83.3 cm³/mol. The molecule has 0 bridgehead atoms. The molecule has 0 saturated carbocycles. The highest BCUT2D eigenvalue weighted by molar-refractivity contribution is 5.82. The summed E-state index contributed by atoms with van der Waals surface area (Å²) in [5, 5.41) is 4.80. The van der Waals surface area contributed by atoms with Crippen LogP contribution in [0.4, 0.5) is 5.82 Å². The molecule has 4 rings (SSSR count). The maximum Gasteiger partial charge on any atom is 0.132 e. The Morgan fingerprint density at radius 2 is 2.15 bits per heavy atom. The summed E-state index contributed by atoms with van der Waals surface area (Å²) in [6.45, 7) is 3.43. The molecular weight excluding hydrogens is 246 g/mol. The Hall–Kier alpha value is -1.61. The molecule has 3 heteroatoms. The molecule has 0 amide bonds. The Bertz CT molecular complexity index is 617. The topological polar surface area (TPSA) is 28.2 Å². The second kappa shape index (κ2) is 5.06. The molecule has 2 aliphatic heterocycles. The Morgan fingerprint density at radius 1 is 1.20 bits per heavy atom. The van der Waals surface area contributed by atoms with Crippen molar-refractivity contribution in [2.45, 2.75) is 31.7 Å². The highest BCUT2D eigenvalue weighted by Crippen LogP contribution is 2.31. The summed E-state index contributed by atoms with van der Waals surface area (Å²) in [6, 6.07) is 11.4. The smallest absolute Gasteiger partial charge is 0.132 e. The first-order valence-electron chi connectivity index (χ1n) is 7.78. The van der Waals surface area contributed by atoms with Gasteiger partial charge in [0.15, 0.2) is 0 Å². The molecule has 2 aromatic rings. The van der Waals surface area contributed by atoms with Crippen LogP contribution in [0.25, 0.3) is 10.9 Å². The van der Waals surface area contributed by atoms with Crippen LogP contribution >= 0.6 is 0 Å². The molecular formula is C17H21N3. The average molecular weight is 267 g/mol. The molecule has 1 aromatic heterocycles. The van der Waals surface area contributed by atoms with Gasteiger partial charge in [-0.3, -0.25) is 0 Å². The van der Waals surface area contributed by atoms with Gasteiger partial charge in [0.25, 0.3) is 0 Å². The van der Waals surface area contributed by atoms with Crippen molar-refractivity contribution < 1.29 is 0 Å². The monoisotopic (exact) mass is 267 g/mol. The number of hydrogen-bond acceptors (Lipinski definition) is 3. The van der Waals surface area contributed by atoms with Crippen LogP contribution in [-0.4, -0.2) is 30.7 Å². The van der Waals surface area contributed by atoms with Gasteiger partial charge in [-0.2, -0.15) is 0 Å². The number of pyridine rings is 1. The molecule has 3 nitrogen and oxygen atoms in total. The quantitative estimate of drug-likeness (QED) is 0.861. The van der Waals surface area contributed by atoms with Gasteiger partial charge in [-0.25, -0.2) is 4.98 Å². The van der Waals surface area contributed by atoms with Crippen LogP contribution < -0.4 is 10.2 Å². The van der Waals surface area contributed by atoms with E-state index in [0.717, 1.165) is 18.6 Å². The van der Waals surface area contributed by atoms with E-state index in [1.54, 1.807) is 0 Å². The highest BCUT2D eigenvalue weighted by atomic mass is 15.2. The molecule has 1 N–H and O–H groups in total. The molecule has 1 fully saturated rings. The van der Waals surface area contributed by atoms with E-state index in [4.69, 9.17) is 4.98 Å². The molecule has 0 aliphatic carbocycles. The predicted octanol–water partition coefficient (Wildman–Crippen LogP) is 2.74. The van der Waals surface area contributed by atoms with E-state index in [0.29, 0.717) is 6.04 Å². The molecule has 2 aliphatic rings. The zero-order valence-electron chi connectivity index (χ0n) is 11.8. The van der Waals surface area contributed by atoms with Gasteiger partial charge in [0.2, 0.25) is 0 Å². The molecule has 1 unspecified atom stereocenters. The lowest BCUT2D eigenvalue weighted by Gasteiger charge is -2.39. The van der Waals surface area contributed by atoms with E-state index in [-0.39, 0.29) is 0 Å². The lowest BCUT2D eigenvalue weighted by Crippen LogP contribution is -2.48. The molecule has 0 spiro atoms. The third kappa shape index (κ3) is 2.06.